The van der Waals surface area contributed by atoms with Gasteiger partial charge < -0.3 is 10.6 Å². The lowest BCUT2D eigenvalue weighted by molar-refractivity contribution is -0.134. The summed E-state index contributed by atoms with van der Waals surface area (Å²) >= 11 is 0. The van der Waals surface area contributed by atoms with Crippen LogP contribution in [0.15, 0.2) is 42.5 Å². The monoisotopic (exact) mass is 412 g/mol. The van der Waals surface area contributed by atoms with Crippen LogP contribution in [0.4, 0.5) is 19.7 Å². The van der Waals surface area contributed by atoms with Gasteiger partial charge in [-0.15, -0.1) is 0 Å². The maximum Gasteiger partial charge on any atom is 0.325 e. The summed E-state index contributed by atoms with van der Waals surface area (Å²) in [6, 6.07) is 8.91. The second-order valence-electron chi connectivity index (χ2n) is 7.20. The smallest absolute Gasteiger partial charge is 0.319 e. The molecular formula is C21H21FN4O4. The van der Waals surface area contributed by atoms with Crippen molar-refractivity contribution in [2.24, 2.45) is 0 Å². The molecule has 3 N–H and O–H groups in total. The third-order valence-corrected chi connectivity index (χ3v) is 5.10. The minimum Gasteiger partial charge on any atom is -0.319 e. The summed E-state index contributed by atoms with van der Waals surface area (Å²) in [5, 5.41) is 7.18. The third kappa shape index (κ3) is 4.00. The maximum absolute atomic E-state index is 13.2. The van der Waals surface area contributed by atoms with Crippen LogP contribution in [0, 0.1) is 19.7 Å². The molecule has 1 fully saturated rings. The molecule has 0 aliphatic carbocycles. The fourth-order valence-corrected chi connectivity index (χ4v) is 3.17. The number of carbonyl (C=O) groups excluding carboxylic acids is 4. The zero-order chi connectivity index (χ0) is 22.1. The Hall–Kier alpha value is -3.75. The van der Waals surface area contributed by atoms with Crippen LogP contribution in [-0.2, 0) is 15.1 Å². The molecule has 0 radical (unpaired) electrons. The SMILES string of the molecule is Cc1cccc(NC(=O)NC(=O)CN2C(=O)NC(C)(c3ccc(F)cc3)C2=O)c1C. The van der Waals surface area contributed by atoms with Crippen LogP contribution in [0.1, 0.15) is 23.6 Å². The summed E-state index contributed by atoms with van der Waals surface area (Å²) < 4.78 is 13.2. The fourth-order valence-electron chi connectivity index (χ4n) is 3.17. The van der Waals surface area contributed by atoms with Crippen molar-refractivity contribution in [2.45, 2.75) is 26.3 Å². The second-order valence-corrected chi connectivity index (χ2v) is 7.20. The Morgan fingerprint density at radius 3 is 2.43 bits per heavy atom. The molecule has 1 saturated heterocycles. The van der Waals surface area contributed by atoms with Gasteiger partial charge in [0.15, 0.2) is 0 Å². The Labute approximate surface area is 172 Å². The molecule has 8 nitrogen and oxygen atoms in total. The van der Waals surface area contributed by atoms with Crippen molar-refractivity contribution >= 4 is 29.6 Å². The number of imide groups is 2. The van der Waals surface area contributed by atoms with E-state index < -0.39 is 41.8 Å². The predicted octanol–water partition coefficient (Wildman–Crippen LogP) is 2.56. The highest BCUT2D eigenvalue weighted by Crippen LogP contribution is 2.28. The van der Waals surface area contributed by atoms with E-state index in [1.165, 1.54) is 31.2 Å². The number of hydrogen-bond donors (Lipinski definition) is 3. The average Bonchev–Trinajstić information content (AvgIpc) is 2.90. The number of aryl methyl sites for hydroxylation is 1. The highest BCUT2D eigenvalue weighted by molar-refractivity contribution is 6.10. The van der Waals surface area contributed by atoms with E-state index in [-0.39, 0.29) is 0 Å². The predicted molar refractivity (Wildman–Crippen MR) is 107 cm³/mol. The summed E-state index contributed by atoms with van der Waals surface area (Å²) in [7, 11) is 0. The lowest BCUT2D eigenvalue weighted by atomic mass is 9.92. The van der Waals surface area contributed by atoms with Crippen molar-refractivity contribution in [1.29, 1.82) is 0 Å². The first-order valence-corrected chi connectivity index (χ1v) is 9.19. The molecule has 1 aliphatic heterocycles. The van der Waals surface area contributed by atoms with Crippen molar-refractivity contribution < 1.29 is 23.6 Å². The van der Waals surface area contributed by atoms with Gasteiger partial charge in [-0.05, 0) is 55.7 Å². The van der Waals surface area contributed by atoms with Gasteiger partial charge >= 0.3 is 12.1 Å². The molecule has 0 spiro atoms. The number of anilines is 1. The lowest BCUT2D eigenvalue weighted by Gasteiger charge is -2.22. The molecule has 30 heavy (non-hydrogen) atoms. The molecule has 1 heterocycles. The number of nitrogens with one attached hydrogen (secondary N) is 3. The van der Waals surface area contributed by atoms with Gasteiger partial charge in [0.2, 0.25) is 5.91 Å². The number of carbonyl (C=O) groups is 4. The van der Waals surface area contributed by atoms with E-state index in [2.05, 4.69) is 16.0 Å². The summed E-state index contributed by atoms with van der Waals surface area (Å²) in [6.45, 7) is 4.54. The Bertz CT molecular complexity index is 1040. The van der Waals surface area contributed by atoms with Gasteiger partial charge in [-0.3, -0.25) is 19.8 Å². The first-order valence-electron chi connectivity index (χ1n) is 9.19. The standard InChI is InChI=1S/C21H21FN4O4/c1-12-5-4-6-16(13(12)2)23-19(29)24-17(27)11-26-18(28)21(3,25-20(26)30)14-7-9-15(22)10-8-14/h4-10H,11H2,1-3H3,(H,25,30)(H2,23,24,27,29). The van der Waals surface area contributed by atoms with Crippen molar-refractivity contribution in [3.63, 3.8) is 0 Å². The number of amides is 6. The molecule has 9 heteroatoms. The van der Waals surface area contributed by atoms with Gasteiger partial charge in [0.05, 0.1) is 0 Å². The van der Waals surface area contributed by atoms with Gasteiger partial charge in [-0.2, -0.15) is 0 Å². The molecule has 6 amide bonds. The van der Waals surface area contributed by atoms with Crippen LogP contribution in [0.3, 0.4) is 0 Å². The van der Waals surface area contributed by atoms with E-state index in [1.807, 2.05) is 19.9 Å². The highest BCUT2D eigenvalue weighted by Gasteiger charge is 2.49. The van der Waals surface area contributed by atoms with Crippen LogP contribution in [0.25, 0.3) is 0 Å². The van der Waals surface area contributed by atoms with Crippen LogP contribution >= 0.6 is 0 Å². The zero-order valence-electron chi connectivity index (χ0n) is 16.7. The number of nitrogens with zero attached hydrogens (tertiary/aromatic N) is 1. The first kappa shape index (κ1) is 21.0. The first-order chi connectivity index (χ1) is 14.1. The number of hydrogen-bond acceptors (Lipinski definition) is 4. The molecule has 1 unspecified atom stereocenters. The fraction of sp³-hybridized carbons (Fsp3) is 0.238. The van der Waals surface area contributed by atoms with Crippen molar-refractivity contribution in [3.05, 3.63) is 65.0 Å². The molecule has 2 aromatic carbocycles. The highest BCUT2D eigenvalue weighted by atomic mass is 19.1. The average molecular weight is 412 g/mol. The van der Waals surface area contributed by atoms with Crippen molar-refractivity contribution in [1.82, 2.24) is 15.5 Å². The molecular weight excluding hydrogens is 391 g/mol. The molecule has 156 valence electrons. The van der Waals surface area contributed by atoms with Gasteiger partial charge in [-0.1, -0.05) is 24.3 Å². The summed E-state index contributed by atoms with van der Waals surface area (Å²) in [5.74, 6) is -1.99. The number of urea groups is 2. The normalized spacial score (nSPS) is 18.2. The van der Waals surface area contributed by atoms with E-state index in [0.717, 1.165) is 11.1 Å². The molecule has 2 aromatic rings. The van der Waals surface area contributed by atoms with Gasteiger partial charge in [0.1, 0.15) is 17.9 Å². The summed E-state index contributed by atoms with van der Waals surface area (Å²) in [5.41, 5.74) is 1.30. The van der Waals surface area contributed by atoms with E-state index >= 15 is 0 Å². The van der Waals surface area contributed by atoms with E-state index in [0.29, 0.717) is 16.2 Å². The van der Waals surface area contributed by atoms with Crippen LogP contribution in [0.2, 0.25) is 0 Å². The summed E-state index contributed by atoms with van der Waals surface area (Å²) in [6.07, 6.45) is 0. The molecule has 3 rings (SSSR count). The third-order valence-electron chi connectivity index (χ3n) is 5.10. The molecule has 1 atom stereocenters. The van der Waals surface area contributed by atoms with Gasteiger partial charge in [0.25, 0.3) is 5.91 Å². The molecule has 0 bridgehead atoms. The molecule has 0 saturated carbocycles. The number of benzene rings is 2. The lowest BCUT2D eigenvalue weighted by Crippen LogP contribution is -2.45. The van der Waals surface area contributed by atoms with E-state index in [9.17, 15) is 23.6 Å². The largest absolute Gasteiger partial charge is 0.325 e. The van der Waals surface area contributed by atoms with Crippen LogP contribution in [-0.4, -0.2) is 35.3 Å². The van der Waals surface area contributed by atoms with Crippen molar-refractivity contribution in [2.75, 3.05) is 11.9 Å². The Morgan fingerprint density at radius 1 is 1.10 bits per heavy atom. The maximum atomic E-state index is 13.2. The zero-order valence-corrected chi connectivity index (χ0v) is 16.7. The molecule has 1 aliphatic rings. The van der Waals surface area contributed by atoms with Crippen LogP contribution < -0.4 is 16.0 Å². The van der Waals surface area contributed by atoms with Crippen molar-refractivity contribution in [3.8, 4) is 0 Å². The van der Waals surface area contributed by atoms with E-state index in [4.69, 9.17) is 0 Å². The van der Waals surface area contributed by atoms with Crippen LogP contribution in [0.5, 0.6) is 0 Å². The Kier molecular flexibility index (Phi) is 5.55. The topological polar surface area (TPSA) is 108 Å². The number of halogens is 1. The second kappa shape index (κ2) is 7.94. The van der Waals surface area contributed by atoms with Gasteiger partial charge in [-0.25, -0.2) is 14.0 Å². The summed E-state index contributed by atoms with van der Waals surface area (Å²) in [4.78, 5) is 50.1. The van der Waals surface area contributed by atoms with E-state index in [1.54, 1.807) is 12.1 Å². The minimum absolute atomic E-state index is 0.373. The quantitative estimate of drug-likeness (QED) is 0.671. The Balaban J connectivity index is 1.65. The Morgan fingerprint density at radius 2 is 1.77 bits per heavy atom. The van der Waals surface area contributed by atoms with Gasteiger partial charge in [0, 0.05) is 5.69 Å². The minimum atomic E-state index is -1.44. The molecule has 0 aromatic heterocycles. The number of rotatable bonds is 4.